The molecule has 2 aromatic carbocycles. The molecule has 1 atom stereocenters. The van der Waals surface area contributed by atoms with Crippen molar-refractivity contribution >= 4 is 16.5 Å². The standard InChI is InChI=1S/C20H22N2O2S/c1-2-11-24-17-9-5-15(6-10-17)18(19-13-25-20(21)22-19)12-14-3-7-16(23)8-4-14/h3-10,13,18,23H,2,11-12H2,1H3,(H2,21,22). The van der Waals surface area contributed by atoms with Gasteiger partial charge in [0.25, 0.3) is 0 Å². The molecule has 0 aliphatic carbocycles. The zero-order chi connectivity index (χ0) is 17.6. The molecule has 3 N–H and O–H groups in total. The second-order valence-corrected chi connectivity index (χ2v) is 6.84. The van der Waals surface area contributed by atoms with E-state index in [0.717, 1.165) is 36.5 Å². The number of thiazole rings is 1. The average molecular weight is 354 g/mol. The Morgan fingerprint density at radius 2 is 1.84 bits per heavy atom. The van der Waals surface area contributed by atoms with Crippen LogP contribution in [0.5, 0.6) is 11.5 Å². The molecule has 25 heavy (non-hydrogen) atoms. The van der Waals surface area contributed by atoms with Gasteiger partial charge in [0.1, 0.15) is 11.5 Å². The van der Waals surface area contributed by atoms with Gasteiger partial charge in [-0.15, -0.1) is 11.3 Å². The Kier molecular flexibility index (Phi) is 5.56. The maximum atomic E-state index is 9.49. The van der Waals surface area contributed by atoms with Crippen LogP contribution in [0.2, 0.25) is 0 Å². The molecule has 0 bridgehead atoms. The van der Waals surface area contributed by atoms with Gasteiger partial charge in [-0.25, -0.2) is 4.98 Å². The third-order valence-corrected chi connectivity index (χ3v) is 4.72. The van der Waals surface area contributed by atoms with Crippen molar-refractivity contribution in [3.05, 3.63) is 70.7 Å². The first-order valence-corrected chi connectivity index (χ1v) is 9.25. The summed E-state index contributed by atoms with van der Waals surface area (Å²) >= 11 is 1.46. The van der Waals surface area contributed by atoms with E-state index < -0.39 is 0 Å². The number of nitrogens with two attached hydrogens (primary N) is 1. The molecule has 3 rings (SSSR count). The van der Waals surface area contributed by atoms with Crippen LogP contribution in [-0.2, 0) is 6.42 Å². The first-order valence-electron chi connectivity index (χ1n) is 8.37. The third-order valence-electron chi connectivity index (χ3n) is 4.03. The Balaban J connectivity index is 1.86. The van der Waals surface area contributed by atoms with E-state index in [4.69, 9.17) is 10.5 Å². The van der Waals surface area contributed by atoms with E-state index in [9.17, 15) is 5.11 Å². The van der Waals surface area contributed by atoms with Crippen molar-refractivity contribution in [2.45, 2.75) is 25.7 Å². The number of anilines is 1. The summed E-state index contributed by atoms with van der Waals surface area (Å²) in [4.78, 5) is 4.49. The molecule has 0 amide bonds. The number of nitrogens with zero attached hydrogens (tertiary/aromatic N) is 1. The molecule has 0 spiro atoms. The lowest BCUT2D eigenvalue weighted by Gasteiger charge is -2.16. The predicted octanol–water partition coefficient (Wildman–Crippen LogP) is 4.59. The fourth-order valence-corrected chi connectivity index (χ4v) is 3.35. The van der Waals surface area contributed by atoms with Gasteiger partial charge >= 0.3 is 0 Å². The number of nitrogen functional groups attached to an aromatic ring is 1. The van der Waals surface area contributed by atoms with E-state index in [1.54, 1.807) is 12.1 Å². The molecule has 1 unspecified atom stereocenters. The normalized spacial score (nSPS) is 12.0. The SMILES string of the molecule is CCCOc1ccc(C(Cc2ccc(O)cc2)c2csc(N)n2)cc1. The maximum absolute atomic E-state index is 9.49. The van der Waals surface area contributed by atoms with Crippen LogP contribution < -0.4 is 10.5 Å². The van der Waals surface area contributed by atoms with E-state index in [1.807, 2.05) is 29.6 Å². The van der Waals surface area contributed by atoms with Gasteiger partial charge in [0.15, 0.2) is 5.13 Å². The molecule has 1 heterocycles. The molecular formula is C20H22N2O2S. The number of hydrogen-bond acceptors (Lipinski definition) is 5. The van der Waals surface area contributed by atoms with Crippen LogP contribution in [-0.4, -0.2) is 16.7 Å². The fourth-order valence-electron chi connectivity index (χ4n) is 2.74. The molecule has 0 fully saturated rings. The van der Waals surface area contributed by atoms with Crippen LogP contribution in [0.3, 0.4) is 0 Å². The predicted molar refractivity (Wildman–Crippen MR) is 102 cm³/mol. The van der Waals surface area contributed by atoms with E-state index >= 15 is 0 Å². The summed E-state index contributed by atoms with van der Waals surface area (Å²) in [5.74, 6) is 1.26. The number of hydrogen-bond donors (Lipinski definition) is 2. The number of ether oxygens (including phenoxy) is 1. The fraction of sp³-hybridized carbons (Fsp3) is 0.250. The Labute approximate surface area is 151 Å². The van der Waals surface area contributed by atoms with Crippen molar-refractivity contribution < 1.29 is 9.84 Å². The number of phenolic OH excluding ortho intramolecular Hbond substituents is 1. The van der Waals surface area contributed by atoms with Gasteiger partial charge in [0, 0.05) is 11.3 Å². The van der Waals surface area contributed by atoms with E-state index in [2.05, 4.69) is 24.0 Å². The molecule has 130 valence electrons. The zero-order valence-corrected chi connectivity index (χ0v) is 15.0. The summed E-state index contributed by atoms with van der Waals surface area (Å²) in [6.07, 6.45) is 1.78. The minimum absolute atomic E-state index is 0.110. The van der Waals surface area contributed by atoms with Crippen LogP contribution in [0.1, 0.15) is 36.1 Å². The van der Waals surface area contributed by atoms with Gasteiger partial charge < -0.3 is 15.6 Å². The highest BCUT2D eigenvalue weighted by atomic mass is 32.1. The van der Waals surface area contributed by atoms with Crippen LogP contribution in [0.4, 0.5) is 5.13 Å². The molecule has 0 saturated heterocycles. The summed E-state index contributed by atoms with van der Waals surface area (Å²) < 4.78 is 5.67. The minimum atomic E-state index is 0.110. The molecule has 0 aliphatic heterocycles. The van der Waals surface area contributed by atoms with Crippen molar-refractivity contribution in [2.24, 2.45) is 0 Å². The summed E-state index contributed by atoms with van der Waals surface area (Å²) in [6, 6.07) is 15.5. The number of benzene rings is 2. The molecule has 1 aromatic heterocycles. The lowest BCUT2D eigenvalue weighted by molar-refractivity contribution is 0.317. The second-order valence-electron chi connectivity index (χ2n) is 5.95. The van der Waals surface area contributed by atoms with Gasteiger partial charge in [-0.05, 0) is 48.2 Å². The monoisotopic (exact) mass is 354 g/mol. The molecule has 0 saturated carbocycles. The lowest BCUT2D eigenvalue weighted by Crippen LogP contribution is -2.06. The van der Waals surface area contributed by atoms with Crippen molar-refractivity contribution in [1.29, 1.82) is 0 Å². The van der Waals surface area contributed by atoms with Gasteiger partial charge in [0.2, 0.25) is 0 Å². The number of phenols is 1. The van der Waals surface area contributed by atoms with E-state index in [0.29, 0.717) is 5.13 Å². The smallest absolute Gasteiger partial charge is 0.180 e. The Hall–Kier alpha value is -2.53. The number of aromatic nitrogens is 1. The largest absolute Gasteiger partial charge is 0.508 e. The minimum Gasteiger partial charge on any atom is -0.508 e. The van der Waals surface area contributed by atoms with Gasteiger partial charge in [-0.2, -0.15) is 0 Å². The van der Waals surface area contributed by atoms with Crippen molar-refractivity contribution in [2.75, 3.05) is 12.3 Å². The average Bonchev–Trinajstić information content (AvgIpc) is 3.06. The molecule has 0 radical (unpaired) electrons. The quantitative estimate of drug-likeness (QED) is 0.651. The third kappa shape index (κ3) is 4.51. The lowest BCUT2D eigenvalue weighted by atomic mass is 9.89. The Morgan fingerprint density at radius 3 is 2.44 bits per heavy atom. The van der Waals surface area contributed by atoms with Gasteiger partial charge in [0.05, 0.1) is 12.3 Å². The molecule has 4 nitrogen and oxygen atoms in total. The van der Waals surface area contributed by atoms with Gasteiger partial charge in [-0.3, -0.25) is 0 Å². The topological polar surface area (TPSA) is 68.4 Å². The highest BCUT2D eigenvalue weighted by Gasteiger charge is 2.18. The summed E-state index contributed by atoms with van der Waals surface area (Å²) in [5.41, 5.74) is 9.12. The zero-order valence-electron chi connectivity index (χ0n) is 14.2. The van der Waals surface area contributed by atoms with Crippen LogP contribution in [0.25, 0.3) is 0 Å². The first-order chi connectivity index (χ1) is 12.2. The number of rotatable bonds is 7. The van der Waals surface area contributed by atoms with Crippen LogP contribution in [0.15, 0.2) is 53.9 Å². The molecule has 3 aromatic rings. The highest BCUT2D eigenvalue weighted by molar-refractivity contribution is 7.13. The van der Waals surface area contributed by atoms with E-state index in [1.165, 1.54) is 16.9 Å². The van der Waals surface area contributed by atoms with Crippen LogP contribution >= 0.6 is 11.3 Å². The molecular weight excluding hydrogens is 332 g/mol. The second kappa shape index (κ2) is 8.03. The first kappa shape index (κ1) is 17.3. The highest BCUT2D eigenvalue weighted by Crippen LogP contribution is 2.31. The number of aromatic hydroxyl groups is 1. The van der Waals surface area contributed by atoms with Crippen molar-refractivity contribution in [1.82, 2.24) is 4.98 Å². The van der Waals surface area contributed by atoms with Crippen molar-refractivity contribution in [3.63, 3.8) is 0 Å². The summed E-state index contributed by atoms with van der Waals surface area (Å²) in [7, 11) is 0. The Morgan fingerprint density at radius 1 is 1.12 bits per heavy atom. The summed E-state index contributed by atoms with van der Waals surface area (Å²) in [6.45, 7) is 2.81. The maximum Gasteiger partial charge on any atom is 0.180 e. The molecule has 5 heteroatoms. The Bertz CT molecular complexity index is 797. The molecule has 0 aliphatic rings. The summed E-state index contributed by atoms with van der Waals surface area (Å²) in [5, 5.41) is 12.1. The van der Waals surface area contributed by atoms with Crippen molar-refractivity contribution in [3.8, 4) is 11.5 Å². The van der Waals surface area contributed by atoms with Crippen LogP contribution in [0, 0.1) is 0 Å². The van der Waals surface area contributed by atoms with Gasteiger partial charge in [-0.1, -0.05) is 31.2 Å². The van der Waals surface area contributed by atoms with E-state index in [-0.39, 0.29) is 11.7 Å².